The Hall–Kier alpha value is -2.49. The summed E-state index contributed by atoms with van der Waals surface area (Å²) in [6, 6.07) is 15.4. The van der Waals surface area contributed by atoms with Crippen LogP contribution in [0.2, 0.25) is 0 Å². The molecule has 0 aliphatic carbocycles. The lowest BCUT2D eigenvalue weighted by Gasteiger charge is -2.18. The molecule has 0 saturated carbocycles. The number of nitrogens with zero attached hydrogens (tertiary/aromatic N) is 1. The highest BCUT2D eigenvalue weighted by molar-refractivity contribution is 5.89. The number of urea groups is 1. The van der Waals surface area contributed by atoms with Crippen molar-refractivity contribution in [1.82, 2.24) is 4.90 Å². The summed E-state index contributed by atoms with van der Waals surface area (Å²) < 4.78 is 5.41. The van der Waals surface area contributed by atoms with Crippen LogP contribution in [-0.2, 0) is 6.54 Å². The smallest absolute Gasteiger partial charge is 0.321 e. The number of nitrogens with one attached hydrogen (secondary N) is 1. The van der Waals surface area contributed by atoms with Gasteiger partial charge in [-0.3, -0.25) is 0 Å². The van der Waals surface area contributed by atoms with Gasteiger partial charge in [-0.1, -0.05) is 24.3 Å². The van der Waals surface area contributed by atoms with Crippen molar-refractivity contribution < 1.29 is 9.53 Å². The Morgan fingerprint density at radius 1 is 1.18 bits per heavy atom. The zero-order valence-corrected chi connectivity index (χ0v) is 13.3. The van der Waals surface area contributed by atoms with E-state index in [2.05, 4.69) is 5.32 Å². The molecule has 0 fully saturated rings. The van der Waals surface area contributed by atoms with Crippen LogP contribution in [0.4, 0.5) is 10.5 Å². The van der Waals surface area contributed by atoms with E-state index in [0.717, 1.165) is 22.6 Å². The van der Waals surface area contributed by atoms with Crippen molar-refractivity contribution in [3.05, 3.63) is 59.7 Å². The highest BCUT2D eigenvalue weighted by Crippen LogP contribution is 2.14. The van der Waals surface area contributed by atoms with Crippen molar-refractivity contribution in [1.29, 1.82) is 0 Å². The van der Waals surface area contributed by atoms with E-state index < -0.39 is 0 Å². The minimum Gasteiger partial charge on any atom is -0.494 e. The molecule has 116 valence electrons. The van der Waals surface area contributed by atoms with E-state index >= 15 is 0 Å². The molecule has 1 N–H and O–H groups in total. The third-order valence-electron chi connectivity index (χ3n) is 3.27. The average Bonchev–Trinajstić information content (AvgIpc) is 2.49. The van der Waals surface area contributed by atoms with Gasteiger partial charge in [0, 0.05) is 19.3 Å². The maximum atomic E-state index is 12.2. The topological polar surface area (TPSA) is 41.6 Å². The van der Waals surface area contributed by atoms with Gasteiger partial charge in [0.05, 0.1) is 6.61 Å². The number of anilines is 1. The van der Waals surface area contributed by atoms with Gasteiger partial charge in [-0.25, -0.2) is 4.79 Å². The number of carbonyl (C=O) groups is 1. The predicted octanol–water partition coefficient (Wildman–Crippen LogP) is 4.06. The number of benzene rings is 2. The van der Waals surface area contributed by atoms with Gasteiger partial charge in [0.15, 0.2) is 0 Å². The fourth-order valence-electron chi connectivity index (χ4n) is 2.15. The van der Waals surface area contributed by atoms with Gasteiger partial charge in [-0.15, -0.1) is 0 Å². The van der Waals surface area contributed by atoms with Crippen LogP contribution in [0.15, 0.2) is 48.5 Å². The first-order valence-electron chi connectivity index (χ1n) is 7.39. The molecule has 2 aromatic carbocycles. The average molecular weight is 298 g/mol. The van der Waals surface area contributed by atoms with E-state index in [1.807, 2.05) is 62.4 Å². The van der Waals surface area contributed by atoms with Crippen LogP contribution in [0.3, 0.4) is 0 Å². The summed E-state index contributed by atoms with van der Waals surface area (Å²) in [6.45, 7) is 5.15. The second kappa shape index (κ2) is 7.50. The van der Waals surface area contributed by atoms with Gasteiger partial charge in [-0.05, 0) is 49.2 Å². The van der Waals surface area contributed by atoms with Gasteiger partial charge < -0.3 is 15.0 Å². The van der Waals surface area contributed by atoms with Crippen molar-refractivity contribution in [2.24, 2.45) is 0 Å². The first kappa shape index (κ1) is 15.9. The zero-order chi connectivity index (χ0) is 15.9. The maximum absolute atomic E-state index is 12.2. The predicted molar refractivity (Wildman–Crippen MR) is 89.3 cm³/mol. The first-order chi connectivity index (χ1) is 10.6. The molecule has 0 aliphatic heterocycles. The van der Waals surface area contributed by atoms with Crippen molar-refractivity contribution in [3.63, 3.8) is 0 Å². The number of rotatable bonds is 5. The Labute approximate surface area is 131 Å². The molecule has 0 aliphatic rings. The van der Waals surface area contributed by atoms with Crippen LogP contribution < -0.4 is 10.1 Å². The molecular weight excluding hydrogens is 276 g/mol. The molecule has 0 heterocycles. The molecule has 2 rings (SSSR count). The molecule has 0 saturated heterocycles. The number of aryl methyl sites for hydroxylation is 1. The van der Waals surface area contributed by atoms with E-state index in [1.54, 1.807) is 11.9 Å². The Balaban J connectivity index is 1.93. The summed E-state index contributed by atoms with van der Waals surface area (Å²) in [4.78, 5) is 13.8. The summed E-state index contributed by atoms with van der Waals surface area (Å²) in [5.41, 5.74) is 2.99. The highest BCUT2D eigenvalue weighted by atomic mass is 16.5. The molecule has 22 heavy (non-hydrogen) atoms. The molecule has 4 nitrogen and oxygen atoms in total. The van der Waals surface area contributed by atoms with Crippen molar-refractivity contribution in [2.45, 2.75) is 20.4 Å². The first-order valence-corrected chi connectivity index (χ1v) is 7.39. The third-order valence-corrected chi connectivity index (χ3v) is 3.27. The summed E-state index contributed by atoms with van der Waals surface area (Å²) in [5.74, 6) is 0.845. The minimum absolute atomic E-state index is 0.125. The SMILES string of the molecule is CCOc1ccc(CN(C)C(=O)Nc2cccc(C)c2)cc1. The minimum atomic E-state index is -0.125. The van der Waals surface area contributed by atoms with Crippen LogP contribution in [0, 0.1) is 6.92 Å². The molecule has 0 bridgehead atoms. The molecule has 0 radical (unpaired) electrons. The van der Waals surface area contributed by atoms with Gasteiger partial charge in [0.25, 0.3) is 0 Å². The Bertz CT molecular complexity index is 623. The van der Waals surface area contributed by atoms with Crippen LogP contribution in [-0.4, -0.2) is 24.6 Å². The maximum Gasteiger partial charge on any atom is 0.321 e. The molecule has 4 heteroatoms. The van der Waals surface area contributed by atoms with Crippen molar-refractivity contribution in [3.8, 4) is 5.75 Å². The zero-order valence-electron chi connectivity index (χ0n) is 13.3. The third kappa shape index (κ3) is 4.52. The second-order valence-electron chi connectivity index (χ2n) is 5.23. The molecular formula is C18H22N2O2. The van der Waals surface area contributed by atoms with E-state index in [4.69, 9.17) is 4.74 Å². The summed E-state index contributed by atoms with van der Waals surface area (Å²) in [6.07, 6.45) is 0. The van der Waals surface area contributed by atoms with Crippen molar-refractivity contribution >= 4 is 11.7 Å². The van der Waals surface area contributed by atoms with Crippen molar-refractivity contribution in [2.75, 3.05) is 19.0 Å². The lowest BCUT2D eigenvalue weighted by molar-refractivity contribution is 0.220. The number of ether oxygens (including phenoxy) is 1. The van der Waals surface area contributed by atoms with Crippen LogP contribution >= 0.6 is 0 Å². The van der Waals surface area contributed by atoms with Gasteiger partial charge in [0.1, 0.15) is 5.75 Å². The quantitative estimate of drug-likeness (QED) is 0.904. The number of amides is 2. The number of hydrogen-bond acceptors (Lipinski definition) is 2. The lowest BCUT2D eigenvalue weighted by atomic mass is 10.2. The summed E-state index contributed by atoms with van der Waals surface area (Å²) >= 11 is 0. The Morgan fingerprint density at radius 2 is 1.91 bits per heavy atom. The highest BCUT2D eigenvalue weighted by Gasteiger charge is 2.09. The fraction of sp³-hybridized carbons (Fsp3) is 0.278. The monoisotopic (exact) mass is 298 g/mol. The van der Waals surface area contributed by atoms with Gasteiger partial charge >= 0.3 is 6.03 Å². The molecule has 0 unspecified atom stereocenters. The normalized spacial score (nSPS) is 10.1. The standard InChI is InChI=1S/C18H22N2O2/c1-4-22-17-10-8-15(9-11-17)13-20(3)18(21)19-16-7-5-6-14(2)12-16/h5-12H,4,13H2,1-3H3,(H,19,21). The number of hydrogen-bond donors (Lipinski definition) is 1. The molecule has 2 aromatic rings. The fourth-order valence-corrected chi connectivity index (χ4v) is 2.15. The molecule has 0 spiro atoms. The largest absolute Gasteiger partial charge is 0.494 e. The van der Waals surface area contributed by atoms with Gasteiger partial charge in [-0.2, -0.15) is 0 Å². The van der Waals surface area contributed by atoms with Gasteiger partial charge in [0.2, 0.25) is 0 Å². The van der Waals surface area contributed by atoms with E-state index in [1.165, 1.54) is 0 Å². The Kier molecular flexibility index (Phi) is 5.42. The van der Waals surface area contributed by atoms with Crippen LogP contribution in [0.25, 0.3) is 0 Å². The van der Waals surface area contributed by atoms with E-state index in [9.17, 15) is 4.79 Å². The Morgan fingerprint density at radius 3 is 2.55 bits per heavy atom. The van der Waals surface area contributed by atoms with E-state index in [-0.39, 0.29) is 6.03 Å². The number of carbonyl (C=O) groups excluding carboxylic acids is 1. The lowest BCUT2D eigenvalue weighted by Crippen LogP contribution is -2.30. The summed E-state index contributed by atoms with van der Waals surface area (Å²) in [5, 5.41) is 2.90. The second-order valence-corrected chi connectivity index (χ2v) is 5.23. The van der Waals surface area contributed by atoms with Crippen LogP contribution in [0.1, 0.15) is 18.1 Å². The molecule has 0 atom stereocenters. The van der Waals surface area contributed by atoms with E-state index in [0.29, 0.717) is 13.2 Å². The summed E-state index contributed by atoms with van der Waals surface area (Å²) in [7, 11) is 1.78. The molecule has 0 aromatic heterocycles. The molecule has 2 amide bonds. The van der Waals surface area contributed by atoms with Crippen LogP contribution in [0.5, 0.6) is 5.75 Å².